The zero-order chi connectivity index (χ0) is 13.8. The summed E-state index contributed by atoms with van der Waals surface area (Å²) in [5.41, 5.74) is 1.87. The molecule has 18 heavy (non-hydrogen) atoms. The fraction of sp³-hybridized carbons (Fsp3) is 0.462. The van der Waals surface area contributed by atoms with Crippen LogP contribution >= 0.6 is 0 Å². The minimum absolute atomic E-state index is 0.104. The molecule has 0 saturated heterocycles. The van der Waals surface area contributed by atoms with Gasteiger partial charge in [0.05, 0.1) is 20.7 Å². The van der Waals surface area contributed by atoms with Crippen LogP contribution in [0.1, 0.15) is 5.56 Å². The average Bonchev–Trinajstić information content (AvgIpc) is 2.31. The minimum atomic E-state index is -0.484. The van der Waals surface area contributed by atoms with Crippen LogP contribution in [0.4, 0.5) is 10.5 Å². The topological polar surface area (TPSA) is 58.6 Å². The fourth-order valence-electron chi connectivity index (χ4n) is 1.61. The standard InChI is InChI=1S/C13H20N2O3/c1-10-5-6-11(15(3,4)7-8-16)9-12(10)18-13(17)14-2/h5-6,9,16H,7-8H2,1-4H3/p+1. The third-order valence-corrected chi connectivity index (χ3v) is 2.94. The largest absolute Gasteiger partial charge is 0.412 e. The van der Waals surface area contributed by atoms with Crippen LogP contribution in [0.25, 0.3) is 0 Å². The number of carbonyl (C=O) groups is 1. The smallest absolute Gasteiger partial charge is 0.410 e. The van der Waals surface area contributed by atoms with E-state index in [1.54, 1.807) is 0 Å². The van der Waals surface area contributed by atoms with Crippen LogP contribution in [-0.4, -0.2) is 45.5 Å². The normalized spacial score (nSPS) is 11.2. The lowest BCUT2D eigenvalue weighted by molar-refractivity contribution is 0.202. The van der Waals surface area contributed by atoms with E-state index < -0.39 is 6.09 Å². The van der Waals surface area contributed by atoms with E-state index >= 15 is 0 Å². The molecule has 0 spiro atoms. The van der Waals surface area contributed by atoms with Crippen LogP contribution in [0.15, 0.2) is 18.2 Å². The number of nitrogens with one attached hydrogen (secondary N) is 1. The lowest BCUT2D eigenvalue weighted by Crippen LogP contribution is -2.42. The van der Waals surface area contributed by atoms with Crippen molar-refractivity contribution in [3.8, 4) is 5.75 Å². The Labute approximate surface area is 108 Å². The van der Waals surface area contributed by atoms with Gasteiger partial charge in [-0.1, -0.05) is 0 Å². The summed E-state index contributed by atoms with van der Waals surface area (Å²) in [7, 11) is 5.50. The van der Waals surface area contributed by atoms with E-state index in [1.807, 2.05) is 39.2 Å². The van der Waals surface area contributed by atoms with Gasteiger partial charge in [-0.05, 0) is 24.6 Å². The van der Waals surface area contributed by atoms with Gasteiger partial charge in [0.25, 0.3) is 0 Å². The van der Waals surface area contributed by atoms with Crippen LogP contribution in [0.3, 0.4) is 0 Å². The van der Waals surface area contributed by atoms with Gasteiger partial charge in [0.2, 0.25) is 0 Å². The predicted molar refractivity (Wildman–Crippen MR) is 71.9 cm³/mol. The Hall–Kier alpha value is -1.59. The first-order chi connectivity index (χ1) is 8.40. The van der Waals surface area contributed by atoms with Gasteiger partial charge in [-0.15, -0.1) is 0 Å². The van der Waals surface area contributed by atoms with Gasteiger partial charge < -0.3 is 15.2 Å². The summed E-state index contributed by atoms with van der Waals surface area (Å²) < 4.78 is 5.71. The number of likely N-dealkylation sites (N-methyl/N-ethyl adjacent to an activating group) is 1. The number of aliphatic hydroxyl groups is 1. The molecular formula is C13H21N2O3+. The van der Waals surface area contributed by atoms with E-state index in [1.165, 1.54) is 7.05 Å². The van der Waals surface area contributed by atoms with E-state index in [0.717, 1.165) is 11.3 Å². The van der Waals surface area contributed by atoms with Gasteiger partial charge in [0.1, 0.15) is 18.0 Å². The first kappa shape index (κ1) is 14.5. The van der Waals surface area contributed by atoms with Gasteiger partial charge in [-0.3, -0.25) is 4.48 Å². The zero-order valence-electron chi connectivity index (χ0n) is 11.4. The second-order valence-electron chi connectivity index (χ2n) is 4.72. The van der Waals surface area contributed by atoms with Crippen LogP contribution < -0.4 is 14.5 Å². The first-order valence-corrected chi connectivity index (χ1v) is 5.85. The molecule has 0 radical (unpaired) electrons. The van der Waals surface area contributed by atoms with Crippen molar-refractivity contribution in [3.63, 3.8) is 0 Å². The Bertz CT molecular complexity index is 430. The molecule has 5 nitrogen and oxygen atoms in total. The van der Waals surface area contributed by atoms with E-state index in [9.17, 15) is 4.79 Å². The molecule has 1 aromatic carbocycles. The van der Waals surface area contributed by atoms with Gasteiger partial charge in [0.15, 0.2) is 0 Å². The van der Waals surface area contributed by atoms with Crippen LogP contribution in [0, 0.1) is 6.92 Å². The van der Waals surface area contributed by atoms with Gasteiger partial charge in [-0.2, -0.15) is 0 Å². The fourth-order valence-corrected chi connectivity index (χ4v) is 1.61. The average molecular weight is 253 g/mol. The van der Waals surface area contributed by atoms with Crippen molar-refractivity contribution in [1.29, 1.82) is 0 Å². The monoisotopic (exact) mass is 253 g/mol. The lowest BCUT2D eigenvalue weighted by atomic mass is 10.1. The van der Waals surface area contributed by atoms with Gasteiger partial charge in [0, 0.05) is 13.1 Å². The number of nitrogens with zero attached hydrogens (tertiary/aromatic N) is 1. The molecule has 1 aromatic rings. The predicted octanol–water partition coefficient (Wildman–Crippen LogP) is 1.27. The number of aliphatic hydroxyl groups excluding tert-OH is 1. The summed E-state index contributed by atoms with van der Waals surface area (Å²) in [5.74, 6) is 0.538. The Morgan fingerprint density at radius 3 is 2.67 bits per heavy atom. The lowest BCUT2D eigenvalue weighted by Gasteiger charge is -2.28. The number of aryl methyl sites for hydroxylation is 1. The summed E-state index contributed by atoms with van der Waals surface area (Å²) in [5, 5.41) is 11.5. The molecule has 0 bridgehead atoms. The SMILES string of the molecule is CNC(=O)Oc1cc([N+](C)(C)CCO)ccc1C. The number of ether oxygens (including phenoxy) is 1. The first-order valence-electron chi connectivity index (χ1n) is 5.85. The summed E-state index contributed by atoms with van der Waals surface area (Å²) in [6.07, 6.45) is -0.484. The van der Waals surface area contributed by atoms with Crippen molar-refractivity contribution < 1.29 is 14.6 Å². The highest BCUT2D eigenvalue weighted by Crippen LogP contribution is 2.27. The van der Waals surface area contributed by atoms with E-state index in [-0.39, 0.29) is 6.61 Å². The molecule has 0 saturated carbocycles. The highest BCUT2D eigenvalue weighted by molar-refractivity contribution is 5.71. The summed E-state index contributed by atoms with van der Waals surface area (Å²) in [6.45, 7) is 2.59. The van der Waals surface area contributed by atoms with Crippen molar-refractivity contribution >= 4 is 11.8 Å². The second-order valence-corrected chi connectivity index (χ2v) is 4.72. The molecule has 0 aromatic heterocycles. The van der Waals surface area contributed by atoms with Crippen molar-refractivity contribution in [2.45, 2.75) is 6.92 Å². The maximum atomic E-state index is 11.2. The maximum absolute atomic E-state index is 11.2. The Morgan fingerprint density at radius 2 is 2.11 bits per heavy atom. The van der Waals surface area contributed by atoms with Crippen molar-refractivity contribution in [2.75, 3.05) is 34.3 Å². The molecule has 0 aliphatic carbocycles. The number of hydrogen-bond acceptors (Lipinski definition) is 3. The highest BCUT2D eigenvalue weighted by atomic mass is 16.6. The Kier molecular flexibility index (Phi) is 4.69. The molecule has 1 amide bonds. The number of quaternary nitrogens is 1. The third kappa shape index (κ3) is 3.45. The zero-order valence-corrected chi connectivity index (χ0v) is 11.4. The van der Waals surface area contributed by atoms with Crippen molar-refractivity contribution in [2.24, 2.45) is 0 Å². The van der Waals surface area contributed by atoms with Crippen molar-refractivity contribution in [3.05, 3.63) is 23.8 Å². The molecule has 0 aliphatic heterocycles. The minimum Gasteiger partial charge on any atom is -0.410 e. The molecule has 2 N–H and O–H groups in total. The maximum Gasteiger partial charge on any atom is 0.412 e. The van der Waals surface area contributed by atoms with E-state index in [0.29, 0.717) is 16.8 Å². The quantitative estimate of drug-likeness (QED) is 0.795. The molecule has 0 atom stereocenters. The molecule has 0 heterocycles. The number of rotatable bonds is 4. The molecule has 5 heteroatoms. The van der Waals surface area contributed by atoms with E-state index in [2.05, 4.69) is 5.32 Å². The van der Waals surface area contributed by atoms with Crippen molar-refractivity contribution in [1.82, 2.24) is 9.80 Å². The second kappa shape index (κ2) is 5.84. The Morgan fingerprint density at radius 1 is 1.44 bits per heavy atom. The van der Waals surface area contributed by atoms with Gasteiger partial charge >= 0.3 is 6.09 Å². The summed E-state index contributed by atoms with van der Waals surface area (Å²) in [4.78, 5) is 11.2. The molecule has 0 unspecified atom stereocenters. The molecule has 0 fully saturated rings. The highest BCUT2D eigenvalue weighted by Gasteiger charge is 2.20. The van der Waals surface area contributed by atoms with Gasteiger partial charge in [-0.25, -0.2) is 4.79 Å². The summed E-state index contributed by atoms with van der Waals surface area (Å²) >= 11 is 0. The van der Waals surface area contributed by atoms with Crippen LogP contribution in [-0.2, 0) is 0 Å². The van der Waals surface area contributed by atoms with Crippen LogP contribution in [0.5, 0.6) is 5.75 Å². The Balaban J connectivity index is 3.03. The molecule has 100 valence electrons. The van der Waals surface area contributed by atoms with Crippen LogP contribution in [0.2, 0.25) is 0 Å². The number of hydrogen-bond donors (Lipinski definition) is 2. The molecule has 1 rings (SSSR count). The number of amides is 1. The summed E-state index contributed by atoms with van der Waals surface area (Å²) in [6, 6.07) is 5.72. The van der Waals surface area contributed by atoms with E-state index in [4.69, 9.17) is 9.84 Å². The molecular weight excluding hydrogens is 232 g/mol. The third-order valence-electron chi connectivity index (χ3n) is 2.94. The molecule has 0 aliphatic rings. The number of benzene rings is 1. The number of carbonyl (C=O) groups excluding carboxylic acids is 1.